The average Bonchev–Trinajstić information content (AvgIpc) is 3.01. The van der Waals surface area contributed by atoms with Crippen molar-refractivity contribution in [3.8, 4) is 0 Å². The molecule has 3 rings (SSSR count). The van der Waals surface area contributed by atoms with Crippen molar-refractivity contribution in [1.82, 2.24) is 9.97 Å². The number of pyridine rings is 1. The Hall–Kier alpha value is -2.53. The van der Waals surface area contributed by atoms with Crippen molar-refractivity contribution >= 4 is 17.3 Å². The van der Waals surface area contributed by atoms with Crippen molar-refractivity contribution in [2.24, 2.45) is 0 Å². The smallest absolute Gasteiger partial charge is 0.358 e. The van der Waals surface area contributed by atoms with Gasteiger partial charge >= 0.3 is 5.97 Å². The van der Waals surface area contributed by atoms with Gasteiger partial charge in [-0.1, -0.05) is 36.4 Å². The summed E-state index contributed by atoms with van der Waals surface area (Å²) in [4.78, 5) is 20.8. The second-order valence-corrected chi connectivity index (χ2v) is 5.76. The number of esters is 1. The lowest BCUT2D eigenvalue weighted by Crippen LogP contribution is -2.14. The second kappa shape index (κ2) is 6.49. The van der Waals surface area contributed by atoms with Crippen LogP contribution in [0.3, 0.4) is 0 Å². The van der Waals surface area contributed by atoms with E-state index in [4.69, 9.17) is 4.74 Å². The molecule has 2 aromatic heterocycles. The monoisotopic (exact) mass is 310 g/mol. The number of thiazole rings is 1. The molecule has 110 valence electrons. The normalized spacial score (nSPS) is 11.9. The van der Waals surface area contributed by atoms with Gasteiger partial charge in [0.1, 0.15) is 0 Å². The number of rotatable bonds is 4. The molecule has 22 heavy (non-hydrogen) atoms. The molecular formula is C17H14N2O2S. The van der Waals surface area contributed by atoms with Gasteiger partial charge in [0.25, 0.3) is 0 Å². The van der Waals surface area contributed by atoms with Crippen molar-refractivity contribution in [2.45, 2.75) is 13.0 Å². The third kappa shape index (κ3) is 3.20. The van der Waals surface area contributed by atoms with Crippen LogP contribution in [0.25, 0.3) is 0 Å². The van der Waals surface area contributed by atoms with E-state index in [-0.39, 0.29) is 0 Å². The quantitative estimate of drug-likeness (QED) is 0.688. The maximum Gasteiger partial charge on any atom is 0.358 e. The summed E-state index contributed by atoms with van der Waals surface area (Å²) in [7, 11) is 0. The lowest BCUT2D eigenvalue weighted by atomic mass is 10.1. The molecule has 0 aliphatic carbocycles. The Balaban J connectivity index is 1.91. The fourth-order valence-corrected chi connectivity index (χ4v) is 2.66. The topological polar surface area (TPSA) is 52.1 Å². The van der Waals surface area contributed by atoms with E-state index in [1.165, 1.54) is 11.3 Å². The highest BCUT2D eigenvalue weighted by molar-refractivity contribution is 7.09. The molecule has 0 N–H and O–H groups in total. The number of carbonyl (C=O) groups excluding carboxylic acids is 1. The first-order valence-corrected chi connectivity index (χ1v) is 7.71. The lowest BCUT2D eigenvalue weighted by molar-refractivity contribution is 0.0364. The van der Waals surface area contributed by atoms with Gasteiger partial charge in [-0.15, -0.1) is 11.3 Å². The SMILES string of the molecule is Cc1nc(C(=O)OC(c2ccccc2)c2ccccn2)cs1. The molecule has 0 spiro atoms. The summed E-state index contributed by atoms with van der Waals surface area (Å²) in [6.07, 6.45) is 1.14. The molecule has 0 saturated carbocycles. The molecule has 4 nitrogen and oxygen atoms in total. The molecule has 1 aromatic carbocycles. The minimum atomic E-state index is -0.545. The Bertz CT molecular complexity index is 717. The highest BCUT2D eigenvalue weighted by Gasteiger charge is 2.22. The summed E-state index contributed by atoms with van der Waals surface area (Å²) in [6, 6.07) is 15.1. The van der Waals surface area contributed by atoms with Crippen LogP contribution >= 0.6 is 11.3 Å². The third-order valence-corrected chi connectivity index (χ3v) is 3.89. The summed E-state index contributed by atoms with van der Waals surface area (Å²) in [5.41, 5.74) is 1.90. The van der Waals surface area contributed by atoms with Gasteiger partial charge in [-0.2, -0.15) is 0 Å². The van der Waals surface area contributed by atoms with Gasteiger partial charge in [0, 0.05) is 11.6 Å². The van der Waals surface area contributed by atoms with Crippen molar-refractivity contribution in [2.75, 3.05) is 0 Å². The maximum absolute atomic E-state index is 12.3. The zero-order valence-corrected chi connectivity index (χ0v) is 12.8. The Kier molecular flexibility index (Phi) is 4.25. The van der Waals surface area contributed by atoms with E-state index in [1.807, 2.05) is 55.5 Å². The van der Waals surface area contributed by atoms with E-state index in [0.29, 0.717) is 11.4 Å². The molecule has 2 heterocycles. The van der Waals surface area contributed by atoms with Gasteiger partial charge < -0.3 is 4.74 Å². The zero-order valence-electron chi connectivity index (χ0n) is 12.0. The number of nitrogens with zero attached hydrogens (tertiary/aromatic N) is 2. The van der Waals surface area contributed by atoms with Gasteiger partial charge in [-0.05, 0) is 24.6 Å². The number of carbonyl (C=O) groups is 1. The van der Waals surface area contributed by atoms with Crippen LogP contribution < -0.4 is 0 Å². The van der Waals surface area contributed by atoms with Crippen LogP contribution in [0, 0.1) is 6.92 Å². The highest BCUT2D eigenvalue weighted by atomic mass is 32.1. The van der Waals surface area contributed by atoms with Crippen molar-refractivity contribution < 1.29 is 9.53 Å². The van der Waals surface area contributed by atoms with E-state index < -0.39 is 12.1 Å². The second-order valence-electron chi connectivity index (χ2n) is 4.70. The van der Waals surface area contributed by atoms with Gasteiger partial charge in [-0.3, -0.25) is 4.98 Å². The Labute approximate surface area is 132 Å². The van der Waals surface area contributed by atoms with E-state index >= 15 is 0 Å². The van der Waals surface area contributed by atoms with E-state index in [1.54, 1.807) is 11.6 Å². The van der Waals surface area contributed by atoms with Crippen LogP contribution in [0.1, 0.15) is 32.9 Å². The Morgan fingerprint density at radius 1 is 1.14 bits per heavy atom. The fraction of sp³-hybridized carbons (Fsp3) is 0.118. The molecule has 0 bridgehead atoms. The molecule has 1 unspecified atom stereocenters. The molecule has 0 aliphatic rings. The van der Waals surface area contributed by atoms with Gasteiger partial charge in [0.05, 0.1) is 10.7 Å². The van der Waals surface area contributed by atoms with Crippen LogP contribution in [0.5, 0.6) is 0 Å². The zero-order chi connectivity index (χ0) is 15.4. The van der Waals surface area contributed by atoms with Gasteiger partial charge in [0.15, 0.2) is 11.8 Å². The number of aromatic nitrogens is 2. The standard InChI is InChI=1S/C17H14N2O2S/c1-12-19-15(11-22-12)17(20)21-16(13-7-3-2-4-8-13)14-9-5-6-10-18-14/h2-11,16H,1H3. The van der Waals surface area contributed by atoms with Crippen LogP contribution in [-0.4, -0.2) is 15.9 Å². The number of benzene rings is 1. The van der Waals surface area contributed by atoms with Crippen LogP contribution in [0.15, 0.2) is 60.1 Å². The fourth-order valence-electron chi connectivity index (χ4n) is 2.08. The molecule has 3 aromatic rings. The Morgan fingerprint density at radius 2 is 1.91 bits per heavy atom. The van der Waals surface area contributed by atoms with Crippen LogP contribution in [0.2, 0.25) is 0 Å². The highest BCUT2D eigenvalue weighted by Crippen LogP contribution is 2.25. The lowest BCUT2D eigenvalue weighted by Gasteiger charge is -2.17. The van der Waals surface area contributed by atoms with E-state index in [9.17, 15) is 4.79 Å². The number of hydrogen-bond acceptors (Lipinski definition) is 5. The first-order valence-electron chi connectivity index (χ1n) is 6.83. The van der Waals surface area contributed by atoms with Crippen molar-refractivity contribution in [3.05, 3.63) is 82.1 Å². The molecule has 0 amide bonds. The summed E-state index contributed by atoms with van der Waals surface area (Å²) in [5, 5.41) is 2.54. The average molecular weight is 310 g/mol. The number of hydrogen-bond donors (Lipinski definition) is 0. The molecule has 0 fully saturated rings. The molecular weight excluding hydrogens is 296 g/mol. The first-order chi connectivity index (χ1) is 10.7. The maximum atomic E-state index is 12.3. The predicted octanol–water partition coefficient (Wildman–Crippen LogP) is 3.79. The van der Waals surface area contributed by atoms with Crippen LogP contribution in [-0.2, 0) is 4.74 Å². The summed E-state index contributed by atoms with van der Waals surface area (Å²) < 4.78 is 5.66. The minimum absolute atomic E-state index is 0.333. The number of ether oxygens (including phenoxy) is 1. The molecule has 0 radical (unpaired) electrons. The molecule has 1 atom stereocenters. The summed E-state index contributed by atoms with van der Waals surface area (Å²) in [6.45, 7) is 1.86. The summed E-state index contributed by atoms with van der Waals surface area (Å²) >= 11 is 1.42. The van der Waals surface area contributed by atoms with E-state index in [2.05, 4.69) is 9.97 Å². The van der Waals surface area contributed by atoms with Crippen molar-refractivity contribution in [1.29, 1.82) is 0 Å². The van der Waals surface area contributed by atoms with Gasteiger partial charge in [-0.25, -0.2) is 9.78 Å². The van der Waals surface area contributed by atoms with E-state index in [0.717, 1.165) is 10.6 Å². The predicted molar refractivity (Wildman–Crippen MR) is 84.8 cm³/mol. The third-order valence-electron chi connectivity index (χ3n) is 3.11. The summed E-state index contributed by atoms with van der Waals surface area (Å²) in [5.74, 6) is -0.441. The molecule has 0 aliphatic heterocycles. The molecule has 0 saturated heterocycles. The molecule has 5 heteroatoms. The Morgan fingerprint density at radius 3 is 2.55 bits per heavy atom. The first kappa shape index (κ1) is 14.4. The number of aryl methyl sites for hydroxylation is 1. The van der Waals surface area contributed by atoms with Gasteiger partial charge in [0.2, 0.25) is 0 Å². The van der Waals surface area contributed by atoms with Crippen molar-refractivity contribution in [3.63, 3.8) is 0 Å². The minimum Gasteiger partial charge on any atom is -0.446 e. The largest absolute Gasteiger partial charge is 0.446 e. The van der Waals surface area contributed by atoms with Crippen LogP contribution in [0.4, 0.5) is 0 Å².